The highest BCUT2D eigenvalue weighted by molar-refractivity contribution is 5.73. The van der Waals surface area contributed by atoms with E-state index < -0.39 is 11.7 Å². The third-order valence-electron chi connectivity index (χ3n) is 2.77. The maximum Gasteiger partial charge on any atom is 0.410 e. The molecule has 0 heterocycles. The molecule has 0 aliphatic heterocycles. The number of rotatable bonds is 3. The van der Waals surface area contributed by atoms with E-state index in [1.165, 1.54) is 6.42 Å². The molecular formula is C13H23NO4. The summed E-state index contributed by atoms with van der Waals surface area (Å²) in [4.78, 5) is 22.9. The monoisotopic (exact) mass is 257 g/mol. The Balaban J connectivity index is 2.17. The van der Waals surface area contributed by atoms with Crippen molar-refractivity contribution in [1.29, 1.82) is 0 Å². The van der Waals surface area contributed by atoms with E-state index in [1.807, 2.05) is 0 Å². The number of hydrogen-bond donors (Lipinski definition) is 1. The van der Waals surface area contributed by atoms with Gasteiger partial charge in [-0.1, -0.05) is 19.3 Å². The number of hydrogen-bond acceptors (Lipinski definition) is 4. The Kier molecular flexibility index (Phi) is 5.44. The van der Waals surface area contributed by atoms with E-state index in [0.29, 0.717) is 0 Å². The molecule has 0 saturated heterocycles. The molecule has 0 atom stereocenters. The summed E-state index contributed by atoms with van der Waals surface area (Å²) in [6.45, 7) is 5.21. The maximum atomic E-state index is 11.7. The Morgan fingerprint density at radius 1 is 1.17 bits per heavy atom. The summed E-state index contributed by atoms with van der Waals surface area (Å²) in [6, 6.07) is 0. The molecule has 0 aromatic carbocycles. The summed E-state index contributed by atoms with van der Waals surface area (Å²) in [5, 5.41) is 2.40. The van der Waals surface area contributed by atoms with Crippen LogP contribution in [0.25, 0.3) is 0 Å². The lowest BCUT2D eigenvalue weighted by molar-refractivity contribution is -0.150. The van der Waals surface area contributed by atoms with Gasteiger partial charge in [-0.2, -0.15) is 0 Å². The van der Waals surface area contributed by atoms with Crippen LogP contribution in [-0.4, -0.2) is 24.4 Å². The van der Waals surface area contributed by atoms with E-state index in [9.17, 15) is 9.59 Å². The fourth-order valence-corrected chi connectivity index (χ4v) is 1.94. The van der Waals surface area contributed by atoms with Gasteiger partial charge in [0.1, 0.15) is 5.60 Å². The van der Waals surface area contributed by atoms with Gasteiger partial charge < -0.3 is 9.47 Å². The molecule has 1 saturated carbocycles. The van der Waals surface area contributed by atoms with Crippen LogP contribution in [0.1, 0.15) is 52.9 Å². The largest absolute Gasteiger partial charge is 0.444 e. The van der Waals surface area contributed by atoms with Gasteiger partial charge in [-0.15, -0.1) is 0 Å². The van der Waals surface area contributed by atoms with E-state index in [1.54, 1.807) is 20.8 Å². The smallest absolute Gasteiger partial charge is 0.410 e. The minimum absolute atomic E-state index is 0.000753. The molecule has 1 rings (SSSR count). The predicted molar refractivity (Wildman–Crippen MR) is 66.9 cm³/mol. The Bertz CT molecular complexity index is 290. The maximum absolute atomic E-state index is 11.7. The van der Waals surface area contributed by atoms with Gasteiger partial charge >= 0.3 is 12.1 Å². The average Bonchev–Trinajstić information content (AvgIpc) is 2.27. The lowest BCUT2D eigenvalue weighted by Gasteiger charge is -2.21. The molecule has 5 heteroatoms. The second kappa shape index (κ2) is 6.61. The van der Waals surface area contributed by atoms with Crippen LogP contribution in [0.15, 0.2) is 0 Å². The molecule has 0 aromatic rings. The minimum Gasteiger partial charge on any atom is -0.444 e. The van der Waals surface area contributed by atoms with Gasteiger partial charge in [0.25, 0.3) is 0 Å². The zero-order chi connectivity index (χ0) is 13.6. The Hall–Kier alpha value is -1.26. The van der Waals surface area contributed by atoms with Crippen LogP contribution in [0.3, 0.4) is 0 Å². The number of alkyl carbamates (subject to hydrolysis) is 1. The van der Waals surface area contributed by atoms with Crippen molar-refractivity contribution in [2.24, 2.45) is 5.92 Å². The minimum atomic E-state index is -0.570. The van der Waals surface area contributed by atoms with Crippen LogP contribution in [0, 0.1) is 5.92 Å². The molecule has 1 aliphatic rings. The zero-order valence-electron chi connectivity index (χ0n) is 11.5. The van der Waals surface area contributed by atoms with E-state index in [0.717, 1.165) is 25.7 Å². The van der Waals surface area contributed by atoms with E-state index >= 15 is 0 Å². The van der Waals surface area contributed by atoms with Crippen LogP contribution in [-0.2, 0) is 14.3 Å². The third-order valence-corrected chi connectivity index (χ3v) is 2.77. The molecule has 1 N–H and O–H groups in total. The number of ether oxygens (including phenoxy) is 2. The molecule has 104 valence electrons. The first kappa shape index (κ1) is 14.8. The quantitative estimate of drug-likeness (QED) is 0.623. The van der Waals surface area contributed by atoms with Gasteiger partial charge in [-0.25, -0.2) is 4.79 Å². The molecular weight excluding hydrogens is 234 g/mol. The van der Waals surface area contributed by atoms with Gasteiger partial charge in [0.2, 0.25) is 0 Å². The number of amides is 1. The van der Waals surface area contributed by atoms with Crippen molar-refractivity contribution in [1.82, 2.24) is 5.32 Å². The summed E-state index contributed by atoms with van der Waals surface area (Å²) >= 11 is 0. The van der Waals surface area contributed by atoms with E-state index in [-0.39, 0.29) is 18.6 Å². The number of carbonyl (C=O) groups is 2. The summed E-state index contributed by atoms with van der Waals surface area (Å²) in [7, 11) is 0. The molecule has 1 aliphatic carbocycles. The molecule has 1 fully saturated rings. The van der Waals surface area contributed by atoms with Crippen molar-refractivity contribution >= 4 is 12.1 Å². The lowest BCUT2D eigenvalue weighted by atomic mass is 9.89. The van der Waals surface area contributed by atoms with Crippen molar-refractivity contribution < 1.29 is 19.1 Å². The average molecular weight is 257 g/mol. The van der Waals surface area contributed by atoms with Crippen LogP contribution in [0.2, 0.25) is 0 Å². The topological polar surface area (TPSA) is 64.6 Å². The Labute approximate surface area is 108 Å². The first-order valence-electron chi connectivity index (χ1n) is 6.52. The van der Waals surface area contributed by atoms with Gasteiger partial charge in [-0.05, 0) is 33.6 Å². The highest BCUT2D eigenvalue weighted by Crippen LogP contribution is 2.24. The normalized spacial score (nSPS) is 17.1. The first-order valence-corrected chi connectivity index (χ1v) is 6.52. The SMILES string of the molecule is CC(C)(C)OC(=O)NCOC(=O)C1CCCCC1. The van der Waals surface area contributed by atoms with Crippen molar-refractivity contribution in [2.75, 3.05) is 6.73 Å². The summed E-state index contributed by atoms with van der Waals surface area (Å²) in [5.41, 5.74) is -0.544. The number of carbonyl (C=O) groups excluding carboxylic acids is 2. The second-order valence-electron chi connectivity index (χ2n) is 5.62. The number of esters is 1. The summed E-state index contributed by atoms with van der Waals surface area (Å²) < 4.78 is 10.0. The standard InChI is InChI=1S/C13H23NO4/c1-13(2,3)18-12(16)14-9-17-11(15)10-7-5-4-6-8-10/h10H,4-9H2,1-3H3,(H,14,16). The van der Waals surface area contributed by atoms with Crippen LogP contribution in [0.5, 0.6) is 0 Å². The third kappa shape index (κ3) is 5.89. The molecule has 0 aromatic heterocycles. The van der Waals surface area contributed by atoms with E-state index in [4.69, 9.17) is 9.47 Å². The molecule has 0 unspecified atom stereocenters. The molecule has 5 nitrogen and oxygen atoms in total. The second-order valence-corrected chi connectivity index (χ2v) is 5.62. The van der Waals surface area contributed by atoms with Crippen molar-refractivity contribution in [3.05, 3.63) is 0 Å². The van der Waals surface area contributed by atoms with Crippen LogP contribution < -0.4 is 5.32 Å². The van der Waals surface area contributed by atoms with Gasteiger partial charge in [0.05, 0.1) is 5.92 Å². The fourth-order valence-electron chi connectivity index (χ4n) is 1.94. The van der Waals surface area contributed by atoms with Crippen molar-refractivity contribution in [3.8, 4) is 0 Å². The Morgan fingerprint density at radius 2 is 1.78 bits per heavy atom. The molecule has 0 spiro atoms. The zero-order valence-corrected chi connectivity index (χ0v) is 11.5. The van der Waals surface area contributed by atoms with Gasteiger partial charge in [0.15, 0.2) is 6.73 Å². The predicted octanol–water partition coefficient (Wildman–Crippen LogP) is 2.59. The number of nitrogens with one attached hydrogen (secondary N) is 1. The summed E-state index contributed by atoms with van der Waals surface area (Å²) in [6.07, 6.45) is 4.58. The lowest BCUT2D eigenvalue weighted by Crippen LogP contribution is -2.35. The Morgan fingerprint density at radius 3 is 2.33 bits per heavy atom. The van der Waals surface area contributed by atoms with Gasteiger partial charge in [0, 0.05) is 0 Å². The van der Waals surface area contributed by atoms with Crippen LogP contribution >= 0.6 is 0 Å². The molecule has 0 bridgehead atoms. The molecule has 1 amide bonds. The van der Waals surface area contributed by atoms with Crippen molar-refractivity contribution in [2.45, 2.75) is 58.5 Å². The molecule has 18 heavy (non-hydrogen) atoms. The fraction of sp³-hybridized carbons (Fsp3) is 0.846. The van der Waals surface area contributed by atoms with Gasteiger partial charge in [-0.3, -0.25) is 10.1 Å². The first-order chi connectivity index (χ1) is 8.38. The summed E-state index contributed by atoms with van der Waals surface area (Å²) in [5.74, 6) is -0.218. The highest BCUT2D eigenvalue weighted by Gasteiger charge is 2.22. The van der Waals surface area contributed by atoms with Crippen molar-refractivity contribution in [3.63, 3.8) is 0 Å². The molecule has 0 radical (unpaired) electrons. The van der Waals surface area contributed by atoms with E-state index in [2.05, 4.69) is 5.32 Å². The van der Waals surface area contributed by atoms with Crippen LogP contribution in [0.4, 0.5) is 4.79 Å². The highest BCUT2D eigenvalue weighted by atomic mass is 16.6.